The Kier molecular flexibility index (Phi) is 6.68. The molecule has 1 unspecified atom stereocenters. The van der Waals surface area contributed by atoms with Gasteiger partial charge in [-0.25, -0.2) is 9.59 Å². The molecule has 0 aliphatic carbocycles. The van der Waals surface area contributed by atoms with E-state index in [0.29, 0.717) is 6.42 Å². The average Bonchev–Trinajstić information content (AvgIpc) is 2.94. The molecule has 0 fully saturated rings. The van der Waals surface area contributed by atoms with Crippen LogP contribution in [0.5, 0.6) is 0 Å². The van der Waals surface area contributed by atoms with E-state index in [1.165, 1.54) is 0 Å². The molecule has 1 rings (SSSR count). The molecule has 6 heteroatoms. The molecule has 118 valence electrons. The molecule has 21 heavy (non-hydrogen) atoms. The van der Waals surface area contributed by atoms with Crippen molar-refractivity contribution in [3.63, 3.8) is 0 Å². The third kappa shape index (κ3) is 5.04. The van der Waals surface area contributed by atoms with E-state index in [1.54, 1.807) is 11.3 Å². The third-order valence-corrected chi connectivity index (χ3v) is 4.52. The highest BCUT2D eigenvalue weighted by molar-refractivity contribution is 7.10. The summed E-state index contributed by atoms with van der Waals surface area (Å²) in [7, 11) is 0. The number of aliphatic carboxylic acids is 1. The SMILES string of the molecule is CC[C@H](C)[C@H](NC(=O)NC(c1cccs1)C(C)C)C(=O)O. The van der Waals surface area contributed by atoms with Gasteiger partial charge in [0.2, 0.25) is 0 Å². The average molecular weight is 312 g/mol. The maximum absolute atomic E-state index is 12.1. The van der Waals surface area contributed by atoms with E-state index < -0.39 is 18.0 Å². The minimum Gasteiger partial charge on any atom is -0.480 e. The van der Waals surface area contributed by atoms with Crippen LogP contribution < -0.4 is 10.6 Å². The summed E-state index contributed by atoms with van der Waals surface area (Å²) in [5.74, 6) is -0.898. The second kappa shape index (κ2) is 8.02. The maximum Gasteiger partial charge on any atom is 0.326 e. The first-order valence-electron chi connectivity index (χ1n) is 7.20. The van der Waals surface area contributed by atoms with Crippen LogP contribution in [0.25, 0.3) is 0 Å². The maximum atomic E-state index is 12.1. The number of carbonyl (C=O) groups excluding carboxylic acids is 1. The lowest BCUT2D eigenvalue weighted by atomic mass is 9.99. The summed E-state index contributed by atoms with van der Waals surface area (Å²) in [6, 6.07) is 2.49. The minimum atomic E-state index is -1.00. The van der Waals surface area contributed by atoms with Gasteiger partial charge in [-0.3, -0.25) is 0 Å². The van der Waals surface area contributed by atoms with Gasteiger partial charge in [0, 0.05) is 4.88 Å². The number of amides is 2. The molecule has 0 bridgehead atoms. The van der Waals surface area contributed by atoms with Crippen molar-refractivity contribution in [2.45, 2.75) is 46.2 Å². The Morgan fingerprint density at radius 3 is 2.38 bits per heavy atom. The smallest absolute Gasteiger partial charge is 0.326 e. The van der Waals surface area contributed by atoms with Gasteiger partial charge < -0.3 is 15.7 Å². The quantitative estimate of drug-likeness (QED) is 0.723. The van der Waals surface area contributed by atoms with E-state index in [-0.39, 0.29) is 17.9 Å². The molecular formula is C15H24N2O3S. The van der Waals surface area contributed by atoms with Crippen LogP contribution in [-0.2, 0) is 4.79 Å². The van der Waals surface area contributed by atoms with Crippen LogP contribution in [0.3, 0.4) is 0 Å². The van der Waals surface area contributed by atoms with Crippen LogP contribution in [0.1, 0.15) is 45.0 Å². The van der Waals surface area contributed by atoms with Crippen molar-refractivity contribution >= 4 is 23.3 Å². The highest BCUT2D eigenvalue weighted by Gasteiger charge is 2.27. The summed E-state index contributed by atoms with van der Waals surface area (Å²) in [5, 5.41) is 16.6. The van der Waals surface area contributed by atoms with E-state index in [4.69, 9.17) is 0 Å². The van der Waals surface area contributed by atoms with Gasteiger partial charge in [0.05, 0.1) is 6.04 Å². The molecule has 3 atom stereocenters. The van der Waals surface area contributed by atoms with E-state index in [1.807, 2.05) is 45.2 Å². The molecule has 1 aromatic rings. The zero-order valence-electron chi connectivity index (χ0n) is 12.9. The first-order chi connectivity index (χ1) is 9.86. The van der Waals surface area contributed by atoms with Gasteiger partial charge in [-0.2, -0.15) is 0 Å². The Bertz CT molecular complexity index is 459. The predicted octanol–water partition coefficient (Wildman–Crippen LogP) is 3.24. The van der Waals surface area contributed by atoms with Crippen LogP contribution >= 0.6 is 11.3 Å². The summed E-state index contributed by atoms with van der Waals surface area (Å²) in [4.78, 5) is 24.4. The molecule has 1 heterocycles. The second-order valence-corrected chi connectivity index (χ2v) is 6.54. The van der Waals surface area contributed by atoms with Gasteiger partial charge in [0.15, 0.2) is 0 Å². The second-order valence-electron chi connectivity index (χ2n) is 5.56. The van der Waals surface area contributed by atoms with Crippen LogP contribution in [0, 0.1) is 11.8 Å². The number of hydrogen-bond donors (Lipinski definition) is 3. The number of carboxylic acid groups (broad SMARTS) is 1. The van der Waals surface area contributed by atoms with Crippen molar-refractivity contribution in [2.24, 2.45) is 11.8 Å². The van der Waals surface area contributed by atoms with Gasteiger partial charge in [-0.1, -0.05) is 40.2 Å². The first-order valence-corrected chi connectivity index (χ1v) is 8.08. The fourth-order valence-electron chi connectivity index (χ4n) is 2.04. The lowest BCUT2D eigenvalue weighted by molar-refractivity contribution is -0.140. The third-order valence-electron chi connectivity index (χ3n) is 3.57. The number of rotatable bonds is 7. The Hall–Kier alpha value is -1.56. The van der Waals surface area contributed by atoms with Crippen molar-refractivity contribution in [3.8, 4) is 0 Å². The normalized spacial score (nSPS) is 15.3. The molecule has 3 N–H and O–H groups in total. The van der Waals surface area contributed by atoms with Gasteiger partial charge in [-0.15, -0.1) is 11.3 Å². The fraction of sp³-hybridized carbons (Fsp3) is 0.600. The summed E-state index contributed by atoms with van der Waals surface area (Å²) < 4.78 is 0. The Morgan fingerprint density at radius 2 is 1.95 bits per heavy atom. The van der Waals surface area contributed by atoms with Crippen LogP contribution in [-0.4, -0.2) is 23.1 Å². The Balaban J connectivity index is 2.72. The van der Waals surface area contributed by atoms with Gasteiger partial charge in [-0.05, 0) is 23.3 Å². The molecule has 0 aliphatic rings. The van der Waals surface area contributed by atoms with Crippen molar-refractivity contribution in [2.75, 3.05) is 0 Å². The van der Waals surface area contributed by atoms with Crippen LogP contribution in [0.2, 0.25) is 0 Å². The molecule has 0 aromatic carbocycles. The predicted molar refractivity (Wildman–Crippen MR) is 84.4 cm³/mol. The highest BCUT2D eigenvalue weighted by atomic mass is 32.1. The topological polar surface area (TPSA) is 78.4 Å². The molecule has 0 radical (unpaired) electrons. The number of urea groups is 1. The van der Waals surface area contributed by atoms with Gasteiger partial charge in [0.25, 0.3) is 0 Å². The van der Waals surface area contributed by atoms with Crippen LogP contribution in [0.4, 0.5) is 4.79 Å². The molecule has 0 saturated heterocycles. The number of hydrogen-bond acceptors (Lipinski definition) is 3. The first kappa shape index (κ1) is 17.5. The van der Waals surface area contributed by atoms with Crippen LogP contribution in [0.15, 0.2) is 17.5 Å². The van der Waals surface area contributed by atoms with Crippen molar-refractivity contribution in [1.29, 1.82) is 0 Å². The van der Waals surface area contributed by atoms with Crippen molar-refractivity contribution in [1.82, 2.24) is 10.6 Å². The van der Waals surface area contributed by atoms with Crippen molar-refractivity contribution in [3.05, 3.63) is 22.4 Å². The lowest BCUT2D eigenvalue weighted by Gasteiger charge is -2.25. The minimum absolute atomic E-state index is 0.114. The molecule has 0 spiro atoms. The lowest BCUT2D eigenvalue weighted by Crippen LogP contribution is -2.50. The van der Waals surface area contributed by atoms with Crippen molar-refractivity contribution < 1.29 is 14.7 Å². The number of carboxylic acids is 1. The van der Waals surface area contributed by atoms with E-state index in [9.17, 15) is 14.7 Å². The molecule has 5 nitrogen and oxygen atoms in total. The largest absolute Gasteiger partial charge is 0.480 e. The summed E-state index contributed by atoms with van der Waals surface area (Å²) >= 11 is 1.58. The standard InChI is InChI=1S/C15H24N2O3S/c1-5-10(4)13(14(18)19)17-15(20)16-12(9(2)3)11-7-6-8-21-11/h6-10,12-13H,5H2,1-4H3,(H,18,19)(H2,16,17,20)/t10-,12?,13-/m0/s1. The Labute approximate surface area is 129 Å². The van der Waals surface area contributed by atoms with E-state index >= 15 is 0 Å². The summed E-state index contributed by atoms with van der Waals surface area (Å²) in [6.07, 6.45) is 0.690. The fourth-order valence-corrected chi connectivity index (χ4v) is 2.99. The number of thiophene rings is 1. The number of carbonyl (C=O) groups is 2. The highest BCUT2D eigenvalue weighted by Crippen LogP contribution is 2.25. The summed E-state index contributed by atoms with van der Waals surface area (Å²) in [6.45, 7) is 7.77. The van der Waals surface area contributed by atoms with Gasteiger partial charge >= 0.3 is 12.0 Å². The zero-order chi connectivity index (χ0) is 16.0. The number of nitrogens with one attached hydrogen (secondary N) is 2. The molecular weight excluding hydrogens is 288 g/mol. The zero-order valence-corrected chi connectivity index (χ0v) is 13.7. The van der Waals surface area contributed by atoms with E-state index in [0.717, 1.165) is 4.88 Å². The molecule has 2 amide bonds. The molecule has 0 saturated carbocycles. The molecule has 1 aromatic heterocycles. The molecule has 0 aliphatic heterocycles. The van der Waals surface area contributed by atoms with Gasteiger partial charge in [0.1, 0.15) is 6.04 Å². The summed E-state index contributed by atoms with van der Waals surface area (Å²) in [5.41, 5.74) is 0. The van der Waals surface area contributed by atoms with E-state index in [2.05, 4.69) is 10.6 Å². The Morgan fingerprint density at radius 1 is 1.29 bits per heavy atom. The monoisotopic (exact) mass is 312 g/mol.